The van der Waals surface area contributed by atoms with Crippen LogP contribution in [0.25, 0.3) is 10.9 Å². The maximum Gasteiger partial charge on any atom is 0.237 e. The number of carbonyl (C=O) groups is 3. The van der Waals surface area contributed by atoms with E-state index in [1.807, 2.05) is 27.8 Å². The van der Waals surface area contributed by atoms with Gasteiger partial charge in [-0.1, -0.05) is 40.7 Å². The van der Waals surface area contributed by atoms with Gasteiger partial charge in [-0.3, -0.25) is 14.4 Å². The van der Waals surface area contributed by atoms with Gasteiger partial charge in [-0.05, 0) is 73.0 Å². The maximum absolute atomic E-state index is 14.1. The van der Waals surface area contributed by atoms with Crippen molar-refractivity contribution < 1.29 is 14.4 Å². The lowest BCUT2D eigenvalue weighted by Crippen LogP contribution is -2.50. The Morgan fingerprint density at radius 1 is 1.09 bits per heavy atom. The van der Waals surface area contributed by atoms with E-state index in [4.69, 9.17) is 11.5 Å². The van der Waals surface area contributed by atoms with Crippen LogP contribution in [-0.2, 0) is 28.0 Å². The van der Waals surface area contributed by atoms with E-state index in [1.165, 1.54) is 0 Å². The molecule has 296 valence electrons. The number of hydrogen-bond donors (Lipinski definition) is 4. The van der Waals surface area contributed by atoms with Gasteiger partial charge in [0.25, 0.3) is 0 Å². The number of aromatic nitrogens is 3. The van der Waals surface area contributed by atoms with E-state index in [2.05, 4.69) is 77.9 Å². The van der Waals surface area contributed by atoms with Crippen LogP contribution < -0.4 is 21.7 Å². The van der Waals surface area contributed by atoms with Gasteiger partial charge in [0.05, 0.1) is 23.2 Å². The number of nitrogens with two attached hydrogens (primary N) is 2. The van der Waals surface area contributed by atoms with Gasteiger partial charge in [0.2, 0.25) is 11.8 Å². The van der Waals surface area contributed by atoms with Crippen molar-refractivity contribution in [1.29, 1.82) is 5.26 Å². The van der Waals surface area contributed by atoms with E-state index in [1.54, 1.807) is 12.3 Å². The number of aryl methyl sites for hydroxylation is 2. The molecule has 0 saturated carbocycles. The highest BCUT2D eigenvalue weighted by Gasteiger charge is 2.42. The van der Waals surface area contributed by atoms with Gasteiger partial charge < -0.3 is 41.0 Å². The van der Waals surface area contributed by atoms with E-state index >= 15 is 0 Å². The molecule has 2 atom stereocenters. The highest BCUT2D eigenvalue weighted by Crippen LogP contribution is 2.46. The second-order valence-electron chi connectivity index (χ2n) is 17.1. The zero-order valence-electron chi connectivity index (χ0n) is 33.5. The molecule has 4 aromatic rings. The van der Waals surface area contributed by atoms with Gasteiger partial charge in [0, 0.05) is 104 Å². The van der Waals surface area contributed by atoms with Crippen molar-refractivity contribution in [1.82, 2.24) is 29.7 Å². The number of nitriles is 1. The van der Waals surface area contributed by atoms with Crippen LogP contribution in [0.1, 0.15) is 98.6 Å². The average Bonchev–Trinajstić information content (AvgIpc) is 3.87. The summed E-state index contributed by atoms with van der Waals surface area (Å²) in [7, 11) is 0. The number of carbonyl (C=O) groups excluding carboxylic acids is 3. The molecule has 2 aliphatic heterocycles. The topological polar surface area (TPSA) is 182 Å². The summed E-state index contributed by atoms with van der Waals surface area (Å²) < 4.78 is 1.85. The largest absolute Gasteiger partial charge is 0.369 e. The zero-order chi connectivity index (χ0) is 39.9. The number of aromatic amines is 1. The van der Waals surface area contributed by atoms with Crippen molar-refractivity contribution >= 4 is 40.1 Å². The second kappa shape index (κ2) is 15.4. The Labute approximate surface area is 329 Å². The molecule has 1 aliphatic carbocycles. The molecule has 0 radical (unpaired) electrons. The molecule has 0 unspecified atom stereocenters. The number of amides is 2. The van der Waals surface area contributed by atoms with Crippen LogP contribution in [0.4, 0.5) is 11.6 Å². The van der Waals surface area contributed by atoms with Gasteiger partial charge in [0.15, 0.2) is 11.7 Å². The van der Waals surface area contributed by atoms with Crippen LogP contribution in [0.3, 0.4) is 0 Å². The summed E-state index contributed by atoms with van der Waals surface area (Å²) in [5, 5.41) is 13.5. The number of anilines is 2. The first-order valence-electron chi connectivity index (χ1n) is 20.1. The number of hydrogen-bond acceptors (Lipinski definition) is 9. The monoisotopic (exact) mass is 760 g/mol. The quantitative estimate of drug-likeness (QED) is 0.164. The number of ketones is 1. The molecular formula is C43H56N10O3. The number of piperazine rings is 1. The van der Waals surface area contributed by atoms with Crippen molar-refractivity contribution in [3.8, 4) is 6.07 Å². The summed E-state index contributed by atoms with van der Waals surface area (Å²) in [6.45, 7) is 16.6. The Balaban J connectivity index is 0.911. The summed E-state index contributed by atoms with van der Waals surface area (Å²) >= 11 is 0. The standard InChI is InChI=1S/C43H56N10O3/c1-6-28-22-30-31(43(4,5)39-37(38(30)55)29-12-11-27(24-44)21-33(29)48-39)23-34(28)51-17-19-52(20-18-51)36(54)10-8-14-50-25-35(42(2,3)26-50)49-40(56)32(45)9-7-15-53-16-13-47-41(53)46/h11-13,16,21-23,32,35,48H,6-10,14-15,17-20,25-26,45H2,1-5H3,(H2,46,47)(H,49,56)/t32-,35+/m1/s1. The van der Waals surface area contributed by atoms with E-state index in [9.17, 15) is 19.6 Å². The van der Waals surface area contributed by atoms with Gasteiger partial charge in [-0.15, -0.1) is 0 Å². The minimum atomic E-state index is -0.589. The molecule has 2 aromatic heterocycles. The third-order valence-electron chi connectivity index (χ3n) is 12.5. The molecule has 4 heterocycles. The first-order valence-corrected chi connectivity index (χ1v) is 20.1. The van der Waals surface area contributed by atoms with Crippen molar-refractivity contribution in [2.75, 3.05) is 56.4 Å². The van der Waals surface area contributed by atoms with Gasteiger partial charge >= 0.3 is 0 Å². The smallest absolute Gasteiger partial charge is 0.237 e. The van der Waals surface area contributed by atoms with Crippen LogP contribution in [0.15, 0.2) is 42.7 Å². The maximum atomic E-state index is 14.1. The van der Waals surface area contributed by atoms with E-state index < -0.39 is 11.5 Å². The van der Waals surface area contributed by atoms with Crippen LogP contribution in [0.5, 0.6) is 0 Å². The molecule has 7 rings (SSSR count). The van der Waals surface area contributed by atoms with E-state index in [0.29, 0.717) is 49.6 Å². The van der Waals surface area contributed by atoms with E-state index in [-0.39, 0.29) is 29.1 Å². The molecule has 2 fully saturated rings. The lowest BCUT2D eigenvalue weighted by Gasteiger charge is -2.39. The molecule has 56 heavy (non-hydrogen) atoms. The van der Waals surface area contributed by atoms with Gasteiger partial charge in [-0.25, -0.2) is 4.98 Å². The van der Waals surface area contributed by atoms with Gasteiger partial charge in [-0.2, -0.15) is 5.26 Å². The van der Waals surface area contributed by atoms with Crippen molar-refractivity contribution in [2.45, 2.75) is 90.8 Å². The number of rotatable bonds is 12. The first-order chi connectivity index (χ1) is 26.7. The lowest BCUT2D eigenvalue weighted by molar-refractivity contribution is -0.131. The van der Waals surface area contributed by atoms with Gasteiger partial charge in [0.1, 0.15) is 0 Å². The van der Waals surface area contributed by atoms with Crippen molar-refractivity contribution in [3.05, 3.63) is 76.2 Å². The van der Waals surface area contributed by atoms with Crippen molar-refractivity contribution in [3.63, 3.8) is 0 Å². The number of nitrogen functional groups attached to an aromatic ring is 1. The van der Waals surface area contributed by atoms with Crippen LogP contribution in [0.2, 0.25) is 0 Å². The van der Waals surface area contributed by atoms with Crippen molar-refractivity contribution in [2.24, 2.45) is 11.1 Å². The average molecular weight is 761 g/mol. The highest BCUT2D eigenvalue weighted by molar-refractivity contribution is 6.20. The summed E-state index contributed by atoms with van der Waals surface area (Å²) in [6, 6.07) is 11.4. The fraction of sp³-hybridized carbons (Fsp3) is 0.512. The predicted molar refractivity (Wildman–Crippen MR) is 218 cm³/mol. The number of nitrogens with one attached hydrogen (secondary N) is 2. The number of H-pyrrole nitrogens is 1. The SMILES string of the molecule is CCc1cc2c(cc1N1CCN(C(=O)CCCN3C[C@H](NC(=O)[C@H](N)CCCn4ccnc4N)C(C)(C)C3)CC1)C(C)(C)c1[nH]c3cc(C#N)ccc3c1C2=O. The minimum absolute atomic E-state index is 0.0171. The Hall–Kier alpha value is -5.19. The number of fused-ring (bicyclic) bond motifs is 4. The molecule has 0 bridgehead atoms. The molecular weight excluding hydrogens is 705 g/mol. The lowest BCUT2D eigenvalue weighted by atomic mass is 9.70. The van der Waals surface area contributed by atoms with Crippen LogP contribution in [0, 0.1) is 16.7 Å². The molecule has 2 saturated heterocycles. The summed E-state index contributed by atoms with van der Waals surface area (Å²) in [5.74, 6) is 0.524. The summed E-state index contributed by atoms with van der Waals surface area (Å²) in [5.41, 5.74) is 18.5. The fourth-order valence-corrected chi connectivity index (χ4v) is 9.05. The number of imidazole rings is 1. The normalized spacial score (nSPS) is 19.4. The van der Waals surface area contributed by atoms with Crippen LogP contribution in [-0.4, -0.2) is 99.8 Å². The molecule has 0 spiro atoms. The molecule has 3 aliphatic rings. The summed E-state index contributed by atoms with van der Waals surface area (Å²) in [4.78, 5) is 54.7. The third kappa shape index (κ3) is 7.40. The van der Waals surface area contributed by atoms with Crippen LogP contribution >= 0.6 is 0 Å². The highest BCUT2D eigenvalue weighted by atomic mass is 16.2. The summed E-state index contributed by atoms with van der Waals surface area (Å²) in [6.07, 6.45) is 6.80. The Kier molecular flexibility index (Phi) is 10.7. The molecule has 13 heteroatoms. The zero-order valence-corrected chi connectivity index (χ0v) is 33.5. The molecule has 6 N–H and O–H groups in total. The van der Waals surface area contributed by atoms with E-state index in [0.717, 1.165) is 91.0 Å². The first kappa shape index (κ1) is 39.1. The predicted octanol–water partition coefficient (Wildman–Crippen LogP) is 4.31. The number of nitrogens with zero attached hydrogens (tertiary/aromatic N) is 6. The Morgan fingerprint density at radius 3 is 2.55 bits per heavy atom. The molecule has 2 amide bonds. The molecule has 2 aromatic carbocycles. The Bertz CT molecular complexity index is 2180. The minimum Gasteiger partial charge on any atom is -0.369 e. The second-order valence-corrected chi connectivity index (χ2v) is 17.1. The Morgan fingerprint density at radius 2 is 1.86 bits per heavy atom. The number of likely N-dealkylation sites (tertiary alicyclic amines) is 1. The number of benzene rings is 2. The third-order valence-corrected chi connectivity index (χ3v) is 12.5. The molecule has 13 nitrogen and oxygen atoms in total. The fourth-order valence-electron chi connectivity index (χ4n) is 9.05.